The van der Waals surface area contributed by atoms with Crippen LogP contribution in [0.25, 0.3) is 5.69 Å². The van der Waals surface area contributed by atoms with Crippen molar-refractivity contribution in [2.45, 2.75) is 11.1 Å². The molecular formula is C18H13ClF3N3OS. The molecule has 1 aromatic heterocycles. The van der Waals surface area contributed by atoms with Crippen molar-refractivity contribution in [2.75, 3.05) is 11.6 Å². The maximum absolute atomic E-state index is 13.7. The second-order valence-electron chi connectivity index (χ2n) is 5.48. The number of rotatable bonds is 4. The van der Waals surface area contributed by atoms with Gasteiger partial charge in [0, 0.05) is 15.6 Å². The van der Waals surface area contributed by atoms with E-state index in [1.54, 1.807) is 18.2 Å². The molecule has 1 heterocycles. The predicted octanol–water partition coefficient (Wildman–Crippen LogP) is 5.52. The van der Waals surface area contributed by atoms with Gasteiger partial charge in [-0.15, -0.1) is 11.8 Å². The zero-order valence-corrected chi connectivity index (χ0v) is 15.5. The van der Waals surface area contributed by atoms with Crippen molar-refractivity contribution in [3.8, 4) is 5.69 Å². The molecule has 0 radical (unpaired) electrons. The standard InChI is InChI=1S/C18H13ClF3N3OS/c1-27-14-4-2-3-12(9-14)24-17(26)15-10-23-25(16(15)18(20,21)22)13-7-5-11(19)6-8-13/h2-10H,1H3,(H,24,26). The lowest BCUT2D eigenvalue weighted by Crippen LogP contribution is -2.20. The Balaban J connectivity index is 1.99. The second-order valence-corrected chi connectivity index (χ2v) is 6.79. The van der Waals surface area contributed by atoms with Crippen LogP contribution in [0.4, 0.5) is 18.9 Å². The zero-order chi connectivity index (χ0) is 19.6. The van der Waals surface area contributed by atoms with Gasteiger partial charge in [-0.1, -0.05) is 17.7 Å². The van der Waals surface area contributed by atoms with E-state index in [0.717, 1.165) is 11.1 Å². The van der Waals surface area contributed by atoms with Crippen LogP contribution in [-0.2, 0) is 6.18 Å². The van der Waals surface area contributed by atoms with Crippen LogP contribution in [0.2, 0.25) is 5.02 Å². The number of hydrogen-bond donors (Lipinski definition) is 1. The first kappa shape index (κ1) is 19.3. The molecule has 0 saturated carbocycles. The first-order valence-corrected chi connectivity index (χ1v) is 9.26. The Morgan fingerprint density at radius 2 is 1.89 bits per heavy atom. The molecule has 0 unspecified atom stereocenters. The third-order valence-electron chi connectivity index (χ3n) is 3.68. The summed E-state index contributed by atoms with van der Waals surface area (Å²) in [4.78, 5) is 13.4. The number of aromatic nitrogens is 2. The number of benzene rings is 2. The summed E-state index contributed by atoms with van der Waals surface area (Å²) in [6.45, 7) is 0. The molecule has 0 spiro atoms. The van der Waals surface area contributed by atoms with Crippen LogP contribution < -0.4 is 5.32 Å². The topological polar surface area (TPSA) is 46.9 Å². The van der Waals surface area contributed by atoms with Crippen LogP contribution in [0, 0.1) is 0 Å². The number of nitrogens with zero attached hydrogens (tertiary/aromatic N) is 2. The summed E-state index contributed by atoms with van der Waals surface area (Å²) >= 11 is 7.24. The quantitative estimate of drug-likeness (QED) is 0.575. The molecule has 3 rings (SSSR count). The number of anilines is 1. The average molecular weight is 412 g/mol. The van der Waals surface area contributed by atoms with Crippen molar-refractivity contribution < 1.29 is 18.0 Å². The Kier molecular flexibility index (Phi) is 5.48. The summed E-state index contributed by atoms with van der Waals surface area (Å²) < 4.78 is 41.6. The lowest BCUT2D eigenvalue weighted by molar-refractivity contribution is -0.143. The number of hydrogen-bond acceptors (Lipinski definition) is 3. The van der Waals surface area contributed by atoms with Crippen molar-refractivity contribution in [1.29, 1.82) is 0 Å². The molecule has 0 aliphatic heterocycles. The van der Waals surface area contributed by atoms with Crippen LogP contribution in [-0.4, -0.2) is 21.9 Å². The summed E-state index contributed by atoms with van der Waals surface area (Å²) in [6.07, 6.45) is -2.01. The molecule has 0 fully saturated rings. The molecule has 0 bridgehead atoms. The number of thioether (sulfide) groups is 1. The number of amides is 1. The number of nitrogens with one attached hydrogen (secondary N) is 1. The molecular weight excluding hydrogens is 399 g/mol. The van der Waals surface area contributed by atoms with Crippen molar-refractivity contribution in [3.63, 3.8) is 0 Å². The Morgan fingerprint density at radius 3 is 2.52 bits per heavy atom. The third-order valence-corrected chi connectivity index (χ3v) is 4.66. The normalized spacial score (nSPS) is 11.4. The molecule has 0 aliphatic rings. The molecule has 9 heteroatoms. The largest absolute Gasteiger partial charge is 0.434 e. The third kappa shape index (κ3) is 4.28. The van der Waals surface area contributed by atoms with E-state index in [1.807, 2.05) is 12.3 Å². The summed E-state index contributed by atoms with van der Waals surface area (Å²) in [5.41, 5.74) is -1.16. The van der Waals surface area contributed by atoms with Crippen molar-refractivity contribution in [3.05, 3.63) is 71.0 Å². The number of carbonyl (C=O) groups is 1. The van der Waals surface area contributed by atoms with Crippen LogP contribution >= 0.6 is 23.4 Å². The van der Waals surface area contributed by atoms with Gasteiger partial charge in [0.15, 0.2) is 5.69 Å². The Morgan fingerprint density at radius 1 is 1.19 bits per heavy atom. The average Bonchev–Trinajstić information content (AvgIpc) is 3.08. The van der Waals surface area contributed by atoms with Crippen LogP contribution in [0.1, 0.15) is 16.1 Å². The van der Waals surface area contributed by atoms with E-state index in [9.17, 15) is 18.0 Å². The smallest absolute Gasteiger partial charge is 0.322 e. The lowest BCUT2D eigenvalue weighted by atomic mass is 10.2. The Hall–Kier alpha value is -2.45. The van der Waals surface area contributed by atoms with Gasteiger partial charge in [0.25, 0.3) is 5.91 Å². The van der Waals surface area contributed by atoms with E-state index in [2.05, 4.69) is 10.4 Å². The second kappa shape index (κ2) is 7.66. The fourth-order valence-electron chi connectivity index (χ4n) is 2.46. The van der Waals surface area contributed by atoms with Gasteiger partial charge in [-0.25, -0.2) is 4.68 Å². The van der Waals surface area contributed by atoms with E-state index in [-0.39, 0.29) is 5.69 Å². The molecule has 1 N–H and O–H groups in total. The number of alkyl halides is 3. The molecule has 2 aromatic carbocycles. The van der Waals surface area contributed by atoms with E-state index < -0.39 is 23.3 Å². The van der Waals surface area contributed by atoms with Crippen molar-refractivity contribution in [1.82, 2.24) is 9.78 Å². The van der Waals surface area contributed by atoms with Crippen LogP contribution in [0.3, 0.4) is 0 Å². The van der Waals surface area contributed by atoms with E-state index in [4.69, 9.17) is 11.6 Å². The minimum absolute atomic E-state index is 0.148. The molecule has 0 atom stereocenters. The highest BCUT2D eigenvalue weighted by molar-refractivity contribution is 7.98. The van der Waals surface area contributed by atoms with E-state index >= 15 is 0 Å². The molecule has 140 valence electrons. The Labute approximate surface area is 162 Å². The molecule has 0 saturated heterocycles. The zero-order valence-electron chi connectivity index (χ0n) is 13.9. The van der Waals surface area contributed by atoms with Gasteiger partial charge in [0.05, 0.1) is 17.4 Å². The van der Waals surface area contributed by atoms with Gasteiger partial charge >= 0.3 is 6.18 Å². The summed E-state index contributed by atoms with van der Waals surface area (Å²) in [6, 6.07) is 12.5. The monoisotopic (exact) mass is 411 g/mol. The van der Waals surface area contributed by atoms with Gasteiger partial charge in [-0.3, -0.25) is 4.79 Å². The highest BCUT2D eigenvalue weighted by Gasteiger charge is 2.40. The van der Waals surface area contributed by atoms with Crippen LogP contribution in [0.5, 0.6) is 0 Å². The van der Waals surface area contributed by atoms with Gasteiger partial charge in [0.2, 0.25) is 0 Å². The first-order valence-electron chi connectivity index (χ1n) is 7.66. The minimum Gasteiger partial charge on any atom is -0.322 e. The lowest BCUT2D eigenvalue weighted by Gasteiger charge is -2.13. The summed E-state index contributed by atoms with van der Waals surface area (Å²) in [7, 11) is 0. The van der Waals surface area contributed by atoms with E-state index in [1.165, 1.54) is 36.0 Å². The molecule has 27 heavy (non-hydrogen) atoms. The molecule has 4 nitrogen and oxygen atoms in total. The molecule has 1 amide bonds. The summed E-state index contributed by atoms with van der Waals surface area (Å²) in [5.74, 6) is -0.888. The number of carbonyl (C=O) groups excluding carboxylic acids is 1. The molecule has 3 aromatic rings. The fraction of sp³-hybridized carbons (Fsp3) is 0.111. The SMILES string of the molecule is CSc1cccc(NC(=O)c2cnn(-c3ccc(Cl)cc3)c2C(F)(F)F)c1. The predicted molar refractivity (Wildman–Crippen MR) is 99.8 cm³/mol. The first-order chi connectivity index (χ1) is 12.8. The van der Waals surface area contributed by atoms with Gasteiger partial charge in [-0.05, 0) is 48.7 Å². The molecule has 0 aliphatic carbocycles. The van der Waals surface area contributed by atoms with E-state index in [0.29, 0.717) is 15.4 Å². The maximum Gasteiger partial charge on any atom is 0.434 e. The maximum atomic E-state index is 13.7. The van der Waals surface area contributed by atoms with Crippen LogP contribution in [0.15, 0.2) is 59.6 Å². The van der Waals surface area contributed by atoms with Crippen molar-refractivity contribution in [2.24, 2.45) is 0 Å². The summed E-state index contributed by atoms with van der Waals surface area (Å²) in [5, 5.41) is 6.64. The fourth-order valence-corrected chi connectivity index (χ4v) is 3.05. The minimum atomic E-state index is -4.77. The Bertz CT molecular complexity index is 971. The highest BCUT2D eigenvalue weighted by atomic mass is 35.5. The van der Waals surface area contributed by atoms with Gasteiger partial charge in [0.1, 0.15) is 0 Å². The number of halogens is 4. The van der Waals surface area contributed by atoms with Crippen molar-refractivity contribution >= 4 is 35.0 Å². The van der Waals surface area contributed by atoms with Gasteiger partial charge < -0.3 is 5.32 Å². The van der Waals surface area contributed by atoms with Gasteiger partial charge in [-0.2, -0.15) is 18.3 Å². The highest BCUT2D eigenvalue weighted by Crippen LogP contribution is 2.34.